The molecule has 0 aromatic carbocycles. The van der Waals surface area contributed by atoms with E-state index in [1.165, 1.54) is 12.7 Å². The van der Waals surface area contributed by atoms with Gasteiger partial charge in [-0.2, -0.15) is 0 Å². The summed E-state index contributed by atoms with van der Waals surface area (Å²) in [5.41, 5.74) is 1.25. The molecule has 0 aromatic rings. The predicted octanol–water partition coefficient (Wildman–Crippen LogP) is 3.57. The zero-order valence-electron chi connectivity index (χ0n) is 11.4. The monoisotopic (exact) mass is 224 g/mol. The van der Waals surface area contributed by atoms with E-state index in [2.05, 4.69) is 26.8 Å². The predicted molar refractivity (Wildman–Crippen MR) is 66.1 cm³/mol. The van der Waals surface area contributed by atoms with Gasteiger partial charge >= 0.3 is 5.97 Å². The van der Waals surface area contributed by atoms with Crippen molar-refractivity contribution in [2.45, 2.75) is 47.5 Å². The molecule has 1 aliphatic carbocycles. The highest BCUT2D eigenvalue weighted by molar-refractivity contribution is 5.76. The molecule has 0 saturated carbocycles. The van der Waals surface area contributed by atoms with Crippen molar-refractivity contribution < 1.29 is 9.53 Å². The summed E-state index contributed by atoms with van der Waals surface area (Å²) in [4.78, 5) is 11.8. The van der Waals surface area contributed by atoms with Crippen molar-refractivity contribution in [2.24, 2.45) is 16.7 Å². The van der Waals surface area contributed by atoms with Crippen molar-refractivity contribution in [3.8, 4) is 0 Å². The van der Waals surface area contributed by atoms with Crippen LogP contribution < -0.4 is 0 Å². The van der Waals surface area contributed by atoms with Gasteiger partial charge in [0.1, 0.15) is 0 Å². The number of hydrogen-bond acceptors (Lipinski definition) is 2. The van der Waals surface area contributed by atoms with Crippen LogP contribution in [0, 0.1) is 16.7 Å². The molecule has 0 fully saturated rings. The van der Waals surface area contributed by atoms with Crippen LogP contribution in [0.2, 0.25) is 0 Å². The molecule has 0 aromatic heterocycles. The first kappa shape index (κ1) is 13.3. The lowest BCUT2D eigenvalue weighted by Gasteiger charge is -2.40. The van der Waals surface area contributed by atoms with E-state index < -0.39 is 5.41 Å². The second kappa shape index (κ2) is 4.23. The van der Waals surface area contributed by atoms with Crippen molar-refractivity contribution in [3.63, 3.8) is 0 Å². The molecule has 0 bridgehead atoms. The number of ether oxygens (including phenoxy) is 1. The normalized spacial score (nSPS) is 24.9. The summed E-state index contributed by atoms with van der Waals surface area (Å²) in [7, 11) is 1.47. The number of rotatable bonds is 2. The van der Waals surface area contributed by atoms with E-state index in [9.17, 15) is 4.79 Å². The summed E-state index contributed by atoms with van der Waals surface area (Å²) in [5, 5.41) is 0. The van der Waals surface area contributed by atoms with Gasteiger partial charge < -0.3 is 4.74 Å². The zero-order valence-corrected chi connectivity index (χ0v) is 11.4. The molecule has 1 unspecified atom stereocenters. The van der Waals surface area contributed by atoms with Crippen molar-refractivity contribution in [3.05, 3.63) is 11.6 Å². The van der Waals surface area contributed by atoms with Crippen LogP contribution >= 0.6 is 0 Å². The summed E-state index contributed by atoms with van der Waals surface area (Å²) in [6.45, 7) is 10.7. The minimum Gasteiger partial charge on any atom is -0.469 e. The SMILES string of the molecule is COC(=O)C(C)(C)C1C=C(C)CC(C)(C)C1. The third kappa shape index (κ3) is 2.66. The first-order valence-electron chi connectivity index (χ1n) is 5.95. The maximum atomic E-state index is 11.8. The fourth-order valence-electron chi connectivity index (χ4n) is 2.76. The number of esters is 1. The summed E-state index contributed by atoms with van der Waals surface area (Å²) in [5.74, 6) is 0.169. The highest BCUT2D eigenvalue weighted by Gasteiger charge is 2.41. The number of carbonyl (C=O) groups is 1. The molecular weight excluding hydrogens is 200 g/mol. The first-order valence-corrected chi connectivity index (χ1v) is 5.95. The molecule has 0 amide bonds. The Morgan fingerprint density at radius 2 is 2.06 bits per heavy atom. The average Bonchev–Trinajstić information content (AvgIpc) is 2.13. The van der Waals surface area contributed by atoms with E-state index in [0.717, 1.165) is 12.8 Å². The van der Waals surface area contributed by atoms with Gasteiger partial charge in [0.2, 0.25) is 0 Å². The van der Waals surface area contributed by atoms with Crippen LogP contribution in [-0.2, 0) is 9.53 Å². The molecular formula is C14H24O2. The van der Waals surface area contributed by atoms with Gasteiger partial charge in [-0.25, -0.2) is 0 Å². The third-order valence-electron chi connectivity index (χ3n) is 3.65. The van der Waals surface area contributed by atoms with E-state index in [4.69, 9.17) is 4.74 Å². The minimum atomic E-state index is -0.423. The Hall–Kier alpha value is -0.790. The van der Waals surface area contributed by atoms with Gasteiger partial charge in [-0.15, -0.1) is 0 Å². The average molecular weight is 224 g/mol. The largest absolute Gasteiger partial charge is 0.469 e. The Bertz CT molecular complexity index is 311. The van der Waals surface area contributed by atoms with Crippen molar-refractivity contribution in [2.75, 3.05) is 7.11 Å². The summed E-state index contributed by atoms with van der Waals surface area (Å²) in [6.07, 6.45) is 4.43. The van der Waals surface area contributed by atoms with E-state index >= 15 is 0 Å². The molecule has 92 valence electrons. The number of hydrogen-bond donors (Lipinski definition) is 0. The minimum absolute atomic E-state index is 0.112. The fourth-order valence-corrected chi connectivity index (χ4v) is 2.76. The van der Waals surface area contributed by atoms with E-state index in [1.54, 1.807) is 0 Å². The van der Waals surface area contributed by atoms with Gasteiger partial charge in [-0.1, -0.05) is 25.5 Å². The molecule has 0 N–H and O–H groups in total. The van der Waals surface area contributed by atoms with Crippen molar-refractivity contribution in [1.29, 1.82) is 0 Å². The lowest BCUT2D eigenvalue weighted by molar-refractivity contribution is -0.153. The Kier molecular flexibility index (Phi) is 3.51. The molecule has 2 nitrogen and oxygen atoms in total. The zero-order chi connectivity index (χ0) is 12.6. The molecule has 1 atom stereocenters. The van der Waals surface area contributed by atoms with Crippen LogP contribution in [0.4, 0.5) is 0 Å². The molecule has 0 aliphatic heterocycles. The van der Waals surface area contributed by atoms with Crippen LogP contribution in [0.5, 0.6) is 0 Å². The Morgan fingerprint density at radius 3 is 2.50 bits per heavy atom. The van der Waals surface area contributed by atoms with Crippen LogP contribution in [0.3, 0.4) is 0 Å². The Labute approximate surface area is 99.1 Å². The fraction of sp³-hybridized carbons (Fsp3) is 0.786. The van der Waals surface area contributed by atoms with Gasteiger partial charge in [-0.3, -0.25) is 4.79 Å². The van der Waals surface area contributed by atoms with Gasteiger partial charge in [0.05, 0.1) is 12.5 Å². The second-order valence-electron chi connectivity index (χ2n) is 6.38. The maximum Gasteiger partial charge on any atom is 0.311 e. The van der Waals surface area contributed by atoms with Crippen LogP contribution in [0.1, 0.15) is 47.5 Å². The molecule has 0 saturated heterocycles. The van der Waals surface area contributed by atoms with Gasteiger partial charge in [0, 0.05) is 0 Å². The van der Waals surface area contributed by atoms with Crippen LogP contribution in [0.25, 0.3) is 0 Å². The van der Waals surface area contributed by atoms with Crippen LogP contribution in [0.15, 0.2) is 11.6 Å². The molecule has 0 radical (unpaired) electrons. The van der Waals surface area contributed by atoms with Crippen molar-refractivity contribution in [1.82, 2.24) is 0 Å². The molecule has 16 heavy (non-hydrogen) atoms. The number of methoxy groups -OCH3 is 1. The highest BCUT2D eigenvalue weighted by atomic mass is 16.5. The topological polar surface area (TPSA) is 26.3 Å². The molecule has 1 rings (SSSR count). The van der Waals surface area contributed by atoms with E-state index in [1.807, 2.05) is 13.8 Å². The smallest absolute Gasteiger partial charge is 0.311 e. The number of allylic oxidation sites excluding steroid dienone is 2. The van der Waals surface area contributed by atoms with Gasteiger partial charge in [0.25, 0.3) is 0 Å². The standard InChI is InChI=1S/C14H24O2/c1-10-7-11(9-13(2,3)8-10)14(4,5)12(15)16-6/h7,11H,8-9H2,1-6H3. The second-order valence-corrected chi connectivity index (χ2v) is 6.38. The first-order chi connectivity index (χ1) is 7.19. The van der Waals surface area contributed by atoms with Gasteiger partial charge in [-0.05, 0) is 44.9 Å². The highest BCUT2D eigenvalue weighted by Crippen LogP contribution is 2.45. The maximum absolute atomic E-state index is 11.8. The Morgan fingerprint density at radius 1 is 1.50 bits per heavy atom. The van der Waals surface area contributed by atoms with E-state index in [-0.39, 0.29) is 17.3 Å². The van der Waals surface area contributed by atoms with Crippen LogP contribution in [-0.4, -0.2) is 13.1 Å². The summed E-state index contributed by atoms with van der Waals surface area (Å²) in [6, 6.07) is 0. The Balaban J connectivity index is 2.96. The molecule has 0 heterocycles. The quantitative estimate of drug-likeness (QED) is 0.529. The lowest BCUT2D eigenvalue weighted by atomic mass is 9.65. The van der Waals surface area contributed by atoms with Gasteiger partial charge in [0.15, 0.2) is 0 Å². The number of carbonyl (C=O) groups excluding carboxylic acids is 1. The summed E-state index contributed by atoms with van der Waals surface area (Å²) < 4.78 is 4.90. The summed E-state index contributed by atoms with van der Waals surface area (Å²) >= 11 is 0. The lowest BCUT2D eigenvalue weighted by Crippen LogP contribution is -2.37. The third-order valence-corrected chi connectivity index (χ3v) is 3.65. The molecule has 0 spiro atoms. The molecule has 1 aliphatic rings. The molecule has 2 heteroatoms. The van der Waals surface area contributed by atoms with Crippen molar-refractivity contribution >= 4 is 5.97 Å². The van der Waals surface area contributed by atoms with E-state index in [0.29, 0.717) is 0 Å².